The van der Waals surface area contributed by atoms with Gasteiger partial charge in [-0.25, -0.2) is 0 Å². The highest BCUT2D eigenvalue weighted by molar-refractivity contribution is 8.09. The maximum Gasteiger partial charge on any atom is 0.254 e. The van der Waals surface area contributed by atoms with E-state index in [1.807, 2.05) is 4.90 Å². The fourth-order valence-corrected chi connectivity index (χ4v) is 3.65. The average molecular weight is 279 g/mol. The van der Waals surface area contributed by atoms with Gasteiger partial charge in [0.2, 0.25) is 0 Å². The van der Waals surface area contributed by atoms with Gasteiger partial charge in [-0.05, 0) is 30.5 Å². The van der Waals surface area contributed by atoms with Crippen molar-refractivity contribution < 1.29 is 9.90 Å². The molecule has 19 heavy (non-hydrogen) atoms. The number of aromatic nitrogens is 1. The summed E-state index contributed by atoms with van der Waals surface area (Å²) < 4.78 is 0. The molecule has 102 valence electrons. The van der Waals surface area contributed by atoms with Crippen molar-refractivity contribution in [1.82, 2.24) is 9.88 Å². The van der Waals surface area contributed by atoms with E-state index in [4.69, 9.17) is 5.73 Å². The lowest BCUT2D eigenvalue weighted by Crippen LogP contribution is -2.47. The van der Waals surface area contributed by atoms with Gasteiger partial charge in [0.1, 0.15) is 0 Å². The first-order chi connectivity index (χ1) is 9.13. The molecule has 2 aliphatic heterocycles. The van der Waals surface area contributed by atoms with E-state index in [2.05, 4.69) is 4.98 Å². The van der Waals surface area contributed by atoms with Crippen molar-refractivity contribution in [2.24, 2.45) is 5.73 Å². The van der Waals surface area contributed by atoms with Crippen LogP contribution in [0.2, 0.25) is 0 Å². The smallest absolute Gasteiger partial charge is 0.254 e. The number of nitrogens with two attached hydrogens (primary N) is 1. The lowest BCUT2D eigenvalue weighted by atomic mass is 10.0. The second-order valence-corrected chi connectivity index (χ2v) is 6.48. The third kappa shape index (κ3) is 2.24. The SMILES string of the molecule is N[C@]1(C(=O)N2CCCC2)SC1[C@@H](O)c1ccncc1. The third-order valence-corrected chi connectivity index (χ3v) is 5.20. The Hall–Kier alpha value is -1.11. The molecule has 0 bridgehead atoms. The lowest BCUT2D eigenvalue weighted by molar-refractivity contribution is -0.132. The molecule has 2 aliphatic rings. The molecule has 6 heteroatoms. The number of thioether (sulfide) groups is 1. The summed E-state index contributed by atoms with van der Waals surface area (Å²) in [7, 11) is 0. The van der Waals surface area contributed by atoms with Crippen molar-refractivity contribution in [2.75, 3.05) is 13.1 Å². The molecule has 3 N–H and O–H groups in total. The highest BCUT2D eigenvalue weighted by Gasteiger charge is 2.63. The molecule has 0 saturated carbocycles. The van der Waals surface area contributed by atoms with Gasteiger partial charge >= 0.3 is 0 Å². The van der Waals surface area contributed by atoms with Gasteiger partial charge in [0.25, 0.3) is 5.91 Å². The number of carbonyl (C=O) groups excluding carboxylic acids is 1. The van der Waals surface area contributed by atoms with Gasteiger partial charge in [-0.1, -0.05) is 0 Å². The van der Waals surface area contributed by atoms with E-state index in [1.54, 1.807) is 24.5 Å². The average Bonchev–Trinajstić information content (AvgIpc) is 2.90. The predicted molar refractivity (Wildman–Crippen MR) is 73.3 cm³/mol. The summed E-state index contributed by atoms with van der Waals surface area (Å²) in [6.07, 6.45) is 4.64. The van der Waals surface area contributed by atoms with Gasteiger partial charge in [0.15, 0.2) is 4.87 Å². The van der Waals surface area contributed by atoms with Crippen LogP contribution in [-0.2, 0) is 4.79 Å². The zero-order valence-electron chi connectivity index (χ0n) is 10.5. The molecule has 0 spiro atoms. The molecular formula is C13H17N3O2S. The Balaban J connectivity index is 1.70. The van der Waals surface area contributed by atoms with Crippen LogP contribution in [0, 0.1) is 0 Å². The minimum absolute atomic E-state index is 0.0342. The summed E-state index contributed by atoms with van der Waals surface area (Å²) in [4.78, 5) is 17.1. The van der Waals surface area contributed by atoms with Crippen LogP contribution in [0.25, 0.3) is 0 Å². The summed E-state index contributed by atoms with van der Waals surface area (Å²) in [5.74, 6) is -0.0342. The molecule has 0 aliphatic carbocycles. The van der Waals surface area contributed by atoms with Crippen molar-refractivity contribution in [2.45, 2.75) is 29.1 Å². The molecule has 1 unspecified atom stereocenters. The van der Waals surface area contributed by atoms with Crippen LogP contribution in [-0.4, -0.2) is 44.1 Å². The highest BCUT2D eigenvalue weighted by atomic mass is 32.2. The van der Waals surface area contributed by atoms with Crippen LogP contribution in [0.3, 0.4) is 0 Å². The molecule has 3 heterocycles. The Labute approximate surface area is 116 Å². The van der Waals surface area contributed by atoms with E-state index in [-0.39, 0.29) is 11.2 Å². The number of pyridine rings is 1. The number of aliphatic hydroxyl groups excluding tert-OH is 1. The Bertz CT molecular complexity index is 478. The number of hydrogen-bond acceptors (Lipinski definition) is 5. The van der Waals surface area contributed by atoms with E-state index in [9.17, 15) is 9.90 Å². The number of hydrogen-bond donors (Lipinski definition) is 2. The van der Waals surface area contributed by atoms with E-state index in [1.165, 1.54) is 11.8 Å². The topological polar surface area (TPSA) is 79.5 Å². The fraction of sp³-hybridized carbons (Fsp3) is 0.538. The number of carbonyl (C=O) groups is 1. The molecule has 0 aromatic carbocycles. The molecule has 1 aromatic heterocycles. The van der Waals surface area contributed by atoms with Gasteiger partial charge in [0, 0.05) is 25.5 Å². The first-order valence-corrected chi connectivity index (χ1v) is 7.35. The lowest BCUT2D eigenvalue weighted by Gasteiger charge is -2.20. The zero-order valence-corrected chi connectivity index (χ0v) is 11.3. The van der Waals surface area contributed by atoms with Gasteiger partial charge in [-0.15, -0.1) is 11.8 Å². The number of rotatable bonds is 3. The van der Waals surface area contributed by atoms with Crippen molar-refractivity contribution in [3.8, 4) is 0 Å². The van der Waals surface area contributed by atoms with E-state index < -0.39 is 11.0 Å². The molecule has 5 nitrogen and oxygen atoms in total. The standard InChI is InChI=1S/C13H17N3O2S/c14-13(12(18)16-7-1-2-8-16)11(19-13)10(17)9-3-5-15-6-4-9/h3-6,10-11,17H,1-2,7-8,14H2/t10-,11?,13-/m0/s1. The first-order valence-electron chi connectivity index (χ1n) is 6.47. The Kier molecular flexibility index (Phi) is 3.24. The van der Waals surface area contributed by atoms with Crippen LogP contribution in [0.4, 0.5) is 0 Å². The van der Waals surface area contributed by atoms with E-state index in [0.29, 0.717) is 0 Å². The van der Waals surface area contributed by atoms with Gasteiger partial charge < -0.3 is 15.7 Å². The van der Waals surface area contributed by atoms with Crippen LogP contribution in [0.1, 0.15) is 24.5 Å². The minimum atomic E-state index is -0.951. The summed E-state index contributed by atoms with van der Waals surface area (Å²) >= 11 is 1.35. The highest BCUT2D eigenvalue weighted by Crippen LogP contribution is 2.56. The maximum atomic E-state index is 12.3. The van der Waals surface area contributed by atoms with Gasteiger partial charge in [-0.3, -0.25) is 9.78 Å². The summed E-state index contributed by atoms with van der Waals surface area (Å²) in [5.41, 5.74) is 6.91. The summed E-state index contributed by atoms with van der Waals surface area (Å²) in [6.45, 7) is 1.58. The molecule has 1 amide bonds. The molecule has 2 fully saturated rings. The predicted octanol–water partition coefficient (Wildman–Crippen LogP) is 0.508. The molecular weight excluding hydrogens is 262 g/mol. The van der Waals surface area contributed by atoms with Gasteiger partial charge in [-0.2, -0.15) is 0 Å². The van der Waals surface area contributed by atoms with Crippen LogP contribution in [0.5, 0.6) is 0 Å². The Morgan fingerprint density at radius 1 is 1.47 bits per heavy atom. The minimum Gasteiger partial charge on any atom is -0.387 e. The number of aliphatic hydroxyl groups is 1. The molecule has 3 rings (SSSR count). The first kappa shape index (κ1) is 12.9. The summed E-state index contributed by atoms with van der Waals surface area (Å²) in [6, 6.07) is 3.51. The normalized spacial score (nSPS) is 31.3. The van der Waals surface area contributed by atoms with Crippen LogP contribution < -0.4 is 5.73 Å². The molecule has 3 atom stereocenters. The second-order valence-electron chi connectivity index (χ2n) is 5.06. The number of amides is 1. The zero-order chi connectivity index (χ0) is 13.5. The van der Waals surface area contributed by atoms with Crippen molar-refractivity contribution in [3.05, 3.63) is 30.1 Å². The fourth-order valence-electron chi connectivity index (χ4n) is 2.55. The van der Waals surface area contributed by atoms with E-state index in [0.717, 1.165) is 31.5 Å². The molecule has 1 aromatic rings. The summed E-state index contributed by atoms with van der Waals surface area (Å²) in [5, 5.41) is 10.0. The Morgan fingerprint density at radius 2 is 2.11 bits per heavy atom. The van der Waals surface area contributed by atoms with Crippen LogP contribution >= 0.6 is 11.8 Å². The molecule has 0 radical (unpaired) electrons. The monoisotopic (exact) mass is 279 g/mol. The number of nitrogens with zero attached hydrogens (tertiary/aromatic N) is 2. The van der Waals surface area contributed by atoms with Crippen molar-refractivity contribution >= 4 is 17.7 Å². The molecule has 2 saturated heterocycles. The second kappa shape index (κ2) is 4.77. The number of likely N-dealkylation sites (tertiary alicyclic amines) is 1. The third-order valence-electron chi connectivity index (χ3n) is 3.75. The van der Waals surface area contributed by atoms with Gasteiger partial charge in [0.05, 0.1) is 11.4 Å². The van der Waals surface area contributed by atoms with Crippen molar-refractivity contribution in [3.63, 3.8) is 0 Å². The van der Waals surface area contributed by atoms with Crippen LogP contribution in [0.15, 0.2) is 24.5 Å². The largest absolute Gasteiger partial charge is 0.387 e. The Morgan fingerprint density at radius 3 is 2.74 bits per heavy atom. The maximum absolute atomic E-state index is 12.3. The quantitative estimate of drug-likeness (QED) is 0.788. The van der Waals surface area contributed by atoms with E-state index >= 15 is 0 Å². The van der Waals surface area contributed by atoms with Crippen molar-refractivity contribution in [1.29, 1.82) is 0 Å².